The van der Waals surface area contributed by atoms with Gasteiger partial charge in [-0.25, -0.2) is 5.84 Å². The molecule has 168 valence electrons. The number of hydrogen-bond donors (Lipinski definition) is 5. The van der Waals surface area contributed by atoms with Crippen molar-refractivity contribution in [2.75, 3.05) is 65.5 Å². The van der Waals surface area contributed by atoms with Gasteiger partial charge in [0.2, 0.25) is 0 Å². The van der Waals surface area contributed by atoms with Gasteiger partial charge in [-0.1, -0.05) is 0 Å². The van der Waals surface area contributed by atoms with Crippen molar-refractivity contribution in [3.05, 3.63) is 41.7 Å². The van der Waals surface area contributed by atoms with Crippen LogP contribution in [0.1, 0.15) is 10.4 Å². The number of amides is 2. The second-order valence-electron chi connectivity index (χ2n) is 6.12. The Balaban J connectivity index is 1.92. The van der Waals surface area contributed by atoms with E-state index in [0.717, 1.165) is 0 Å². The van der Waals surface area contributed by atoms with Gasteiger partial charge in [-0.15, -0.1) is 0 Å². The molecule has 0 aromatic heterocycles. The van der Waals surface area contributed by atoms with E-state index >= 15 is 0 Å². The molecule has 11 heteroatoms. The first-order valence-corrected chi connectivity index (χ1v) is 9.51. The number of nitrogens with one attached hydrogen (secondary N) is 2. The molecule has 0 heterocycles. The molecule has 1 rings (SSSR count). The minimum Gasteiger partial charge on any atom is -0.399 e. The standard InChI is InChI=1S/C19H32N6O5/c1-23-19(27)17(21)14-25(22)7-9-29-11-13-30-12-10-28-8-6-24-18(26)15-2-4-16(20)5-3-15/h2-5,14H,6-13,20-22H2,1H3,(H,23,27)(H,24,26)/b17-14-. The lowest BCUT2D eigenvalue weighted by molar-refractivity contribution is -0.117. The van der Waals surface area contributed by atoms with E-state index < -0.39 is 5.91 Å². The Morgan fingerprint density at radius 2 is 1.57 bits per heavy atom. The molecule has 8 N–H and O–H groups in total. The Labute approximate surface area is 176 Å². The van der Waals surface area contributed by atoms with Crippen molar-refractivity contribution in [1.29, 1.82) is 0 Å². The molecule has 0 aliphatic heterocycles. The fourth-order valence-electron chi connectivity index (χ4n) is 2.13. The van der Waals surface area contributed by atoms with E-state index in [2.05, 4.69) is 10.6 Å². The van der Waals surface area contributed by atoms with Crippen LogP contribution in [0.2, 0.25) is 0 Å². The van der Waals surface area contributed by atoms with Crippen LogP contribution in [0, 0.1) is 0 Å². The molecular formula is C19H32N6O5. The number of benzene rings is 1. The summed E-state index contributed by atoms with van der Waals surface area (Å²) < 4.78 is 16.1. The number of carbonyl (C=O) groups excluding carboxylic acids is 2. The molecule has 1 aromatic rings. The Morgan fingerprint density at radius 1 is 1.00 bits per heavy atom. The first-order chi connectivity index (χ1) is 14.4. The minimum absolute atomic E-state index is 0.0214. The number of hydrazine groups is 1. The lowest BCUT2D eigenvalue weighted by Gasteiger charge is -2.14. The summed E-state index contributed by atoms with van der Waals surface area (Å²) in [5, 5.41) is 6.44. The SMILES string of the molecule is CNC(=O)/C(N)=C/N(N)CCOCCOCCOCCNC(=O)c1ccc(N)cc1. The summed E-state index contributed by atoms with van der Waals surface area (Å²) in [6.07, 6.45) is 1.34. The predicted octanol–water partition coefficient (Wildman–Crippen LogP) is -1.23. The van der Waals surface area contributed by atoms with Crippen molar-refractivity contribution in [2.24, 2.45) is 11.6 Å². The van der Waals surface area contributed by atoms with Gasteiger partial charge in [0.1, 0.15) is 5.70 Å². The van der Waals surface area contributed by atoms with Gasteiger partial charge in [-0.3, -0.25) is 9.59 Å². The van der Waals surface area contributed by atoms with E-state index in [0.29, 0.717) is 64.0 Å². The molecule has 0 atom stereocenters. The highest BCUT2D eigenvalue weighted by atomic mass is 16.5. The molecule has 2 amide bonds. The van der Waals surface area contributed by atoms with Crippen molar-refractivity contribution in [3.63, 3.8) is 0 Å². The zero-order chi connectivity index (χ0) is 22.2. The van der Waals surface area contributed by atoms with Crippen molar-refractivity contribution in [3.8, 4) is 0 Å². The van der Waals surface area contributed by atoms with Crippen molar-refractivity contribution >= 4 is 17.5 Å². The van der Waals surface area contributed by atoms with E-state index in [1.54, 1.807) is 24.3 Å². The zero-order valence-corrected chi connectivity index (χ0v) is 17.3. The lowest BCUT2D eigenvalue weighted by Crippen LogP contribution is -2.33. The second-order valence-corrected chi connectivity index (χ2v) is 6.12. The summed E-state index contributed by atoms with van der Waals surface area (Å²) in [7, 11) is 1.49. The maximum Gasteiger partial charge on any atom is 0.268 e. The molecule has 11 nitrogen and oxygen atoms in total. The molecule has 0 spiro atoms. The maximum atomic E-state index is 11.9. The predicted molar refractivity (Wildman–Crippen MR) is 113 cm³/mol. The molecule has 0 bridgehead atoms. The van der Waals surface area contributed by atoms with Crippen LogP contribution in [0.3, 0.4) is 0 Å². The van der Waals surface area contributed by atoms with E-state index in [9.17, 15) is 9.59 Å². The van der Waals surface area contributed by atoms with Gasteiger partial charge < -0.3 is 41.3 Å². The van der Waals surface area contributed by atoms with E-state index in [1.165, 1.54) is 18.3 Å². The number of rotatable bonds is 15. The molecular weight excluding hydrogens is 392 g/mol. The zero-order valence-electron chi connectivity index (χ0n) is 17.3. The van der Waals surface area contributed by atoms with E-state index in [4.69, 9.17) is 31.5 Å². The highest BCUT2D eigenvalue weighted by molar-refractivity contribution is 5.94. The van der Waals surface area contributed by atoms with Crippen LogP contribution < -0.4 is 27.9 Å². The van der Waals surface area contributed by atoms with Crippen LogP contribution in [0.25, 0.3) is 0 Å². The van der Waals surface area contributed by atoms with Crippen LogP contribution in [-0.2, 0) is 19.0 Å². The van der Waals surface area contributed by atoms with Gasteiger partial charge in [-0.2, -0.15) is 0 Å². The summed E-state index contributed by atoms with van der Waals surface area (Å²) in [6.45, 7) is 3.19. The number of nitrogens with zero attached hydrogens (tertiary/aromatic N) is 1. The van der Waals surface area contributed by atoms with Gasteiger partial charge in [0, 0.05) is 31.0 Å². The van der Waals surface area contributed by atoms with Crippen LogP contribution in [0.5, 0.6) is 0 Å². The molecule has 1 aromatic carbocycles. The van der Waals surface area contributed by atoms with Gasteiger partial charge in [0.15, 0.2) is 0 Å². The van der Waals surface area contributed by atoms with Gasteiger partial charge in [0.25, 0.3) is 11.8 Å². The molecule has 30 heavy (non-hydrogen) atoms. The van der Waals surface area contributed by atoms with Gasteiger partial charge in [-0.05, 0) is 24.3 Å². The second kappa shape index (κ2) is 15.0. The average Bonchev–Trinajstić information content (AvgIpc) is 2.74. The van der Waals surface area contributed by atoms with Crippen LogP contribution in [-0.4, -0.2) is 76.6 Å². The summed E-state index contributed by atoms with van der Waals surface area (Å²) in [5.41, 5.74) is 12.3. The summed E-state index contributed by atoms with van der Waals surface area (Å²) in [6, 6.07) is 6.70. The molecule has 0 aliphatic carbocycles. The number of hydrogen-bond acceptors (Lipinski definition) is 9. The third kappa shape index (κ3) is 11.2. The van der Waals surface area contributed by atoms with Crippen LogP contribution in [0.4, 0.5) is 5.69 Å². The van der Waals surface area contributed by atoms with Crippen molar-refractivity contribution in [1.82, 2.24) is 15.6 Å². The number of ether oxygens (including phenoxy) is 3. The Morgan fingerprint density at radius 3 is 2.17 bits per heavy atom. The molecule has 0 saturated heterocycles. The molecule has 0 saturated carbocycles. The van der Waals surface area contributed by atoms with Crippen molar-refractivity contribution in [2.45, 2.75) is 0 Å². The smallest absolute Gasteiger partial charge is 0.268 e. The Hall–Kier alpha value is -2.86. The van der Waals surface area contributed by atoms with Gasteiger partial charge >= 0.3 is 0 Å². The van der Waals surface area contributed by atoms with Gasteiger partial charge in [0.05, 0.1) is 46.2 Å². The summed E-state index contributed by atoms with van der Waals surface area (Å²) in [5.74, 6) is 5.11. The Kier molecular flexibility index (Phi) is 12.6. The molecule has 0 aliphatic rings. The maximum absolute atomic E-state index is 11.9. The largest absolute Gasteiger partial charge is 0.399 e. The number of likely N-dealkylation sites (N-methyl/N-ethyl adjacent to an activating group) is 1. The first-order valence-electron chi connectivity index (χ1n) is 9.51. The quantitative estimate of drug-likeness (QED) is 0.0761. The first kappa shape index (κ1) is 25.2. The number of nitrogens with two attached hydrogens (primary N) is 3. The van der Waals surface area contributed by atoms with E-state index in [-0.39, 0.29) is 11.6 Å². The fraction of sp³-hybridized carbons (Fsp3) is 0.474. The normalized spacial score (nSPS) is 11.2. The number of carbonyl (C=O) groups is 2. The summed E-state index contributed by atoms with van der Waals surface area (Å²) in [4.78, 5) is 23.1. The highest BCUT2D eigenvalue weighted by Gasteiger charge is 2.04. The monoisotopic (exact) mass is 424 g/mol. The summed E-state index contributed by atoms with van der Waals surface area (Å²) >= 11 is 0. The molecule has 0 unspecified atom stereocenters. The van der Waals surface area contributed by atoms with Crippen LogP contribution in [0.15, 0.2) is 36.2 Å². The minimum atomic E-state index is -0.397. The number of nitrogen functional groups attached to an aromatic ring is 1. The van der Waals surface area contributed by atoms with E-state index in [1.807, 2.05) is 0 Å². The van der Waals surface area contributed by atoms with Crippen LogP contribution >= 0.6 is 0 Å². The average molecular weight is 425 g/mol. The molecule has 0 fully saturated rings. The molecule has 0 radical (unpaired) electrons. The third-order valence-corrected chi connectivity index (χ3v) is 3.74. The lowest BCUT2D eigenvalue weighted by atomic mass is 10.2. The topological polar surface area (TPSA) is 167 Å². The fourth-order valence-corrected chi connectivity index (χ4v) is 2.13. The third-order valence-electron chi connectivity index (χ3n) is 3.74. The van der Waals surface area contributed by atoms with Crippen molar-refractivity contribution < 1.29 is 23.8 Å². The Bertz CT molecular complexity index is 668. The highest BCUT2D eigenvalue weighted by Crippen LogP contribution is 2.04. The number of anilines is 1.